The van der Waals surface area contributed by atoms with Crippen LogP contribution in [0.1, 0.15) is 11.1 Å². The molecule has 2 aromatic rings. The molecule has 0 saturated heterocycles. The summed E-state index contributed by atoms with van der Waals surface area (Å²) in [4.78, 5) is 12.4. The van der Waals surface area contributed by atoms with E-state index >= 15 is 0 Å². The molecule has 1 aromatic heterocycles. The predicted molar refractivity (Wildman–Crippen MR) is 89.2 cm³/mol. The number of hydrogen-bond donors (Lipinski definition) is 0. The Labute approximate surface area is 131 Å². The van der Waals surface area contributed by atoms with Gasteiger partial charge < -0.3 is 4.74 Å². The minimum atomic E-state index is -1.12. The number of rotatable bonds is 6. The third-order valence-corrected chi connectivity index (χ3v) is 5.15. The third-order valence-electron chi connectivity index (χ3n) is 3.44. The quantitative estimate of drug-likeness (QED) is 0.605. The second kappa shape index (κ2) is 6.58. The summed E-state index contributed by atoms with van der Waals surface area (Å²) in [6, 6.07) is 6.98. The van der Waals surface area contributed by atoms with Crippen molar-refractivity contribution in [2.24, 2.45) is 0 Å². The van der Waals surface area contributed by atoms with Crippen molar-refractivity contribution in [3.63, 3.8) is 0 Å². The van der Waals surface area contributed by atoms with Gasteiger partial charge in [-0.25, -0.2) is 4.79 Å². The number of ether oxygens (including phenoxy) is 1. The number of aromatic nitrogens is 4. The maximum atomic E-state index is 12.4. The Morgan fingerprint density at radius 3 is 2.59 bits per heavy atom. The highest BCUT2D eigenvalue weighted by molar-refractivity contribution is 6.76. The summed E-state index contributed by atoms with van der Waals surface area (Å²) >= 11 is 0. The standard InChI is InChI=1S/C15H24N4O2Si/c1-12-6-7-13(2)14(10-12)19-15(20)18(16-17-19)11-21-8-9-22(3,4)5/h6-7,10H,8-9,11H2,1-5H3. The van der Waals surface area contributed by atoms with Gasteiger partial charge in [0.25, 0.3) is 0 Å². The minimum absolute atomic E-state index is 0.147. The van der Waals surface area contributed by atoms with Crippen LogP contribution >= 0.6 is 0 Å². The fourth-order valence-electron chi connectivity index (χ4n) is 1.98. The lowest BCUT2D eigenvalue weighted by Gasteiger charge is -2.14. The van der Waals surface area contributed by atoms with E-state index in [1.165, 1.54) is 9.36 Å². The molecule has 120 valence electrons. The molecule has 0 atom stereocenters. The summed E-state index contributed by atoms with van der Waals surface area (Å²) in [5.41, 5.74) is 2.55. The summed E-state index contributed by atoms with van der Waals surface area (Å²) in [7, 11) is -1.12. The van der Waals surface area contributed by atoms with E-state index < -0.39 is 8.07 Å². The van der Waals surface area contributed by atoms with E-state index in [-0.39, 0.29) is 12.4 Å². The van der Waals surface area contributed by atoms with E-state index in [1.807, 2.05) is 32.0 Å². The molecule has 6 nitrogen and oxygen atoms in total. The zero-order valence-corrected chi connectivity index (χ0v) is 15.0. The summed E-state index contributed by atoms with van der Waals surface area (Å²) in [5.74, 6) is 0. The molecule has 0 aliphatic carbocycles. The molecular formula is C15H24N4O2Si. The maximum absolute atomic E-state index is 12.4. The maximum Gasteiger partial charge on any atom is 0.370 e. The van der Waals surface area contributed by atoms with Gasteiger partial charge in [-0.2, -0.15) is 9.36 Å². The topological polar surface area (TPSA) is 61.9 Å². The zero-order valence-electron chi connectivity index (χ0n) is 14.0. The van der Waals surface area contributed by atoms with Crippen molar-refractivity contribution in [1.29, 1.82) is 0 Å². The van der Waals surface area contributed by atoms with Gasteiger partial charge in [-0.3, -0.25) is 0 Å². The Bertz CT molecular complexity index is 700. The van der Waals surface area contributed by atoms with Gasteiger partial charge in [-0.15, -0.1) is 0 Å². The fraction of sp³-hybridized carbons (Fsp3) is 0.533. The molecule has 0 N–H and O–H groups in total. The highest BCUT2D eigenvalue weighted by Gasteiger charge is 2.14. The van der Waals surface area contributed by atoms with E-state index in [0.717, 1.165) is 22.9 Å². The summed E-state index contributed by atoms with van der Waals surface area (Å²) < 4.78 is 8.14. The van der Waals surface area contributed by atoms with Gasteiger partial charge in [0.1, 0.15) is 6.73 Å². The monoisotopic (exact) mass is 320 g/mol. The van der Waals surface area contributed by atoms with Crippen LogP contribution < -0.4 is 5.69 Å². The second-order valence-electron chi connectivity index (χ2n) is 6.81. The number of nitrogens with zero attached hydrogens (tertiary/aromatic N) is 4. The van der Waals surface area contributed by atoms with Crippen LogP contribution in [-0.4, -0.2) is 34.5 Å². The Balaban J connectivity index is 2.10. The molecule has 1 heterocycles. The molecule has 0 spiro atoms. The molecule has 0 unspecified atom stereocenters. The lowest BCUT2D eigenvalue weighted by molar-refractivity contribution is 0.0748. The first kappa shape index (κ1) is 16.6. The fourth-order valence-corrected chi connectivity index (χ4v) is 2.74. The van der Waals surface area contributed by atoms with Crippen LogP contribution in [0.2, 0.25) is 25.7 Å². The Morgan fingerprint density at radius 1 is 1.18 bits per heavy atom. The molecule has 2 rings (SSSR count). The first-order valence-corrected chi connectivity index (χ1v) is 11.2. The normalized spacial score (nSPS) is 11.9. The Morgan fingerprint density at radius 2 is 1.91 bits per heavy atom. The SMILES string of the molecule is Cc1ccc(C)c(-n2nnn(COCC[Si](C)(C)C)c2=O)c1. The van der Waals surface area contributed by atoms with Gasteiger partial charge in [0, 0.05) is 14.7 Å². The van der Waals surface area contributed by atoms with Gasteiger partial charge in [0.2, 0.25) is 0 Å². The van der Waals surface area contributed by atoms with Crippen molar-refractivity contribution in [3.8, 4) is 5.69 Å². The number of tetrazole rings is 1. The van der Waals surface area contributed by atoms with Gasteiger partial charge >= 0.3 is 5.69 Å². The molecule has 1 aromatic carbocycles. The van der Waals surface area contributed by atoms with Crippen molar-refractivity contribution in [2.45, 2.75) is 46.3 Å². The highest BCUT2D eigenvalue weighted by atomic mass is 28.3. The largest absolute Gasteiger partial charge is 0.370 e. The van der Waals surface area contributed by atoms with Gasteiger partial charge in [0.15, 0.2) is 0 Å². The molecular weight excluding hydrogens is 296 g/mol. The molecule has 0 fully saturated rings. The van der Waals surface area contributed by atoms with Crippen molar-refractivity contribution in [1.82, 2.24) is 19.8 Å². The third kappa shape index (κ3) is 4.14. The number of benzene rings is 1. The summed E-state index contributed by atoms with van der Waals surface area (Å²) in [6.45, 7) is 11.6. The predicted octanol–water partition coefficient (Wildman–Crippen LogP) is 2.36. The Hall–Kier alpha value is -1.73. The highest BCUT2D eigenvalue weighted by Crippen LogP contribution is 2.12. The molecule has 0 amide bonds. The van der Waals surface area contributed by atoms with Gasteiger partial charge in [0.05, 0.1) is 5.69 Å². The average molecular weight is 320 g/mol. The molecule has 0 aliphatic heterocycles. The molecule has 0 bridgehead atoms. The lowest BCUT2D eigenvalue weighted by atomic mass is 10.1. The van der Waals surface area contributed by atoms with E-state index in [2.05, 4.69) is 30.1 Å². The summed E-state index contributed by atoms with van der Waals surface area (Å²) in [5, 5.41) is 7.86. The number of aryl methyl sites for hydroxylation is 2. The minimum Gasteiger partial charge on any atom is -0.359 e. The molecule has 7 heteroatoms. The van der Waals surface area contributed by atoms with Gasteiger partial charge in [-0.05, 0) is 47.5 Å². The van der Waals surface area contributed by atoms with Crippen LogP contribution in [0.15, 0.2) is 23.0 Å². The van der Waals surface area contributed by atoms with Crippen molar-refractivity contribution in [2.75, 3.05) is 6.61 Å². The second-order valence-corrected chi connectivity index (χ2v) is 12.4. The zero-order chi connectivity index (χ0) is 16.3. The first-order chi connectivity index (χ1) is 10.3. The van der Waals surface area contributed by atoms with Crippen LogP contribution in [0.4, 0.5) is 0 Å². The van der Waals surface area contributed by atoms with E-state index in [4.69, 9.17) is 4.74 Å². The van der Waals surface area contributed by atoms with Crippen molar-refractivity contribution < 1.29 is 4.74 Å². The van der Waals surface area contributed by atoms with Crippen molar-refractivity contribution >= 4 is 8.07 Å². The molecule has 0 radical (unpaired) electrons. The van der Waals surface area contributed by atoms with Crippen LogP contribution in [0, 0.1) is 13.8 Å². The first-order valence-electron chi connectivity index (χ1n) is 7.46. The molecule has 0 saturated carbocycles. The Kier molecular flexibility index (Phi) is 4.97. The number of hydrogen-bond acceptors (Lipinski definition) is 4. The van der Waals surface area contributed by atoms with Crippen LogP contribution in [0.5, 0.6) is 0 Å². The van der Waals surface area contributed by atoms with Crippen molar-refractivity contribution in [3.05, 3.63) is 39.8 Å². The van der Waals surface area contributed by atoms with Gasteiger partial charge in [-0.1, -0.05) is 31.8 Å². The van der Waals surface area contributed by atoms with Crippen LogP contribution in [-0.2, 0) is 11.5 Å². The van der Waals surface area contributed by atoms with E-state index in [0.29, 0.717) is 6.61 Å². The average Bonchev–Trinajstić information content (AvgIpc) is 2.78. The smallest absolute Gasteiger partial charge is 0.359 e. The van der Waals surface area contributed by atoms with Crippen LogP contribution in [0.25, 0.3) is 5.69 Å². The lowest BCUT2D eigenvalue weighted by Crippen LogP contribution is -2.27. The van der Waals surface area contributed by atoms with Crippen LogP contribution in [0.3, 0.4) is 0 Å². The molecule has 22 heavy (non-hydrogen) atoms. The van der Waals surface area contributed by atoms with E-state index in [9.17, 15) is 4.79 Å². The molecule has 0 aliphatic rings. The summed E-state index contributed by atoms with van der Waals surface area (Å²) in [6.07, 6.45) is 0. The van der Waals surface area contributed by atoms with E-state index in [1.54, 1.807) is 0 Å².